The monoisotopic (exact) mass is 398 g/mol. The smallest absolute Gasteiger partial charge is 0.323 e. The molecule has 1 aromatic rings. The molecule has 8 heteroatoms. The van der Waals surface area contributed by atoms with Crippen molar-refractivity contribution in [2.75, 3.05) is 18.6 Å². The van der Waals surface area contributed by atoms with Gasteiger partial charge in [0.2, 0.25) is 5.91 Å². The van der Waals surface area contributed by atoms with Crippen LogP contribution >= 0.6 is 12.4 Å². The molecule has 1 aliphatic heterocycles. The van der Waals surface area contributed by atoms with Crippen LogP contribution in [0.1, 0.15) is 32.3 Å². The molecule has 1 aromatic carbocycles. The molecule has 2 N–H and O–H groups in total. The highest BCUT2D eigenvalue weighted by molar-refractivity contribution is 6.02. The van der Waals surface area contributed by atoms with Crippen molar-refractivity contribution in [3.63, 3.8) is 0 Å². The molecule has 2 atom stereocenters. The Labute approximate surface area is 165 Å². The first kappa shape index (κ1) is 22.9. The summed E-state index contributed by atoms with van der Waals surface area (Å²) in [5.74, 6) is -1.60. The first-order valence-corrected chi connectivity index (χ1v) is 8.78. The molecule has 0 radical (unpaired) electrons. The van der Waals surface area contributed by atoms with Crippen LogP contribution in [0.2, 0.25) is 0 Å². The second-order valence-electron chi connectivity index (χ2n) is 6.91. The normalized spacial score (nSPS) is 17.6. The van der Waals surface area contributed by atoms with Crippen LogP contribution in [0.3, 0.4) is 0 Å². The lowest BCUT2D eigenvalue weighted by Crippen LogP contribution is -2.53. The predicted octanol–water partition coefficient (Wildman–Crippen LogP) is 2.02. The highest BCUT2D eigenvalue weighted by Gasteiger charge is 2.34. The number of hydrogen-bond acceptors (Lipinski definition) is 5. The third-order valence-corrected chi connectivity index (χ3v) is 4.44. The molecule has 0 saturated heterocycles. The first-order chi connectivity index (χ1) is 12.3. The number of nitrogens with zero attached hydrogens (tertiary/aromatic N) is 1. The number of esters is 1. The Morgan fingerprint density at radius 2 is 2.00 bits per heavy atom. The van der Waals surface area contributed by atoms with Gasteiger partial charge in [-0.25, -0.2) is 0 Å². The fourth-order valence-electron chi connectivity index (χ4n) is 3.26. The average Bonchev–Trinajstić information content (AvgIpc) is 2.72. The Morgan fingerprint density at radius 3 is 2.59 bits per heavy atom. The number of anilines is 1. The van der Waals surface area contributed by atoms with Gasteiger partial charge in [0.15, 0.2) is 0 Å². The molecule has 2 rings (SSSR count). The fourth-order valence-corrected chi connectivity index (χ4v) is 3.26. The summed E-state index contributed by atoms with van der Waals surface area (Å²) in [5, 5.41) is 12.3. The highest BCUT2D eigenvalue weighted by Crippen LogP contribution is 2.27. The summed E-state index contributed by atoms with van der Waals surface area (Å²) in [7, 11) is 1.32. The molecule has 27 heavy (non-hydrogen) atoms. The Balaban J connectivity index is 0.00000364. The van der Waals surface area contributed by atoms with E-state index in [0.29, 0.717) is 24.9 Å². The molecule has 1 aliphatic rings. The van der Waals surface area contributed by atoms with Crippen molar-refractivity contribution in [2.24, 2.45) is 5.92 Å². The third kappa shape index (κ3) is 5.94. The number of para-hydroxylation sites is 1. The number of carboxylic acid groups (broad SMARTS) is 1. The van der Waals surface area contributed by atoms with Gasteiger partial charge in [0.1, 0.15) is 12.6 Å². The Kier molecular flexibility index (Phi) is 8.72. The van der Waals surface area contributed by atoms with Crippen LogP contribution in [-0.4, -0.2) is 48.7 Å². The summed E-state index contributed by atoms with van der Waals surface area (Å²) in [5.41, 5.74) is 1.53. The predicted molar refractivity (Wildman–Crippen MR) is 104 cm³/mol. The standard InChI is InChI=1S/C19H26N2O5.ClH/c1-12(2)10-15(19(25)26-3)20-14-9-8-13-6-4-5-7-16(13)21(18(14)24)11-17(22)23;/h4-7,12,14-15,20H,8-11H2,1-3H3,(H,22,23);1H/t14-,15-;/m0./s1. The van der Waals surface area contributed by atoms with Crippen molar-refractivity contribution in [3.8, 4) is 0 Å². The number of methoxy groups -OCH3 is 1. The number of nitrogens with one attached hydrogen (secondary N) is 1. The van der Waals surface area contributed by atoms with Gasteiger partial charge in [-0.15, -0.1) is 12.4 Å². The van der Waals surface area contributed by atoms with Gasteiger partial charge in [-0.05, 0) is 36.8 Å². The zero-order valence-electron chi connectivity index (χ0n) is 15.8. The number of halogens is 1. The minimum atomic E-state index is -1.08. The van der Waals surface area contributed by atoms with Crippen molar-refractivity contribution in [3.05, 3.63) is 29.8 Å². The van der Waals surface area contributed by atoms with E-state index in [4.69, 9.17) is 4.74 Å². The topological polar surface area (TPSA) is 95.9 Å². The fraction of sp³-hybridized carbons (Fsp3) is 0.526. The van der Waals surface area contributed by atoms with Crippen molar-refractivity contribution in [2.45, 2.75) is 45.2 Å². The van der Waals surface area contributed by atoms with Crippen LogP contribution in [0.15, 0.2) is 24.3 Å². The van der Waals surface area contributed by atoms with Crippen molar-refractivity contribution < 1.29 is 24.2 Å². The molecule has 7 nitrogen and oxygen atoms in total. The van der Waals surface area contributed by atoms with Crippen LogP contribution in [0, 0.1) is 5.92 Å². The number of ether oxygens (including phenoxy) is 1. The Bertz CT molecular complexity index is 680. The van der Waals surface area contributed by atoms with E-state index < -0.39 is 30.6 Å². The van der Waals surface area contributed by atoms with Crippen molar-refractivity contribution in [1.82, 2.24) is 5.32 Å². The van der Waals surface area contributed by atoms with Crippen LogP contribution in [0.5, 0.6) is 0 Å². The molecule has 150 valence electrons. The van der Waals surface area contributed by atoms with Gasteiger partial charge < -0.3 is 9.84 Å². The number of rotatable bonds is 7. The van der Waals surface area contributed by atoms with Gasteiger partial charge >= 0.3 is 11.9 Å². The van der Waals surface area contributed by atoms with Gasteiger partial charge in [-0.1, -0.05) is 32.0 Å². The van der Waals surface area contributed by atoms with Gasteiger partial charge in [-0.3, -0.25) is 24.6 Å². The first-order valence-electron chi connectivity index (χ1n) is 8.78. The van der Waals surface area contributed by atoms with Gasteiger partial charge in [0.25, 0.3) is 0 Å². The lowest BCUT2D eigenvalue weighted by atomic mass is 10.0. The molecule has 0 spiro atoms. The van der Waals surface area contributed by atoms with Crippen LogP contribution in [-0.2, 0) is 25.5 Å². The lowest BCUT2D eigenvalue weighted by Gasteiger charge is -2.27. The van der Waals surface area contributed by atoms with Crippen molar-refractivity contribution in [1.29, 1.82) is 0 Å². The average molecular weight is 399 g/mol. The molecule has 1 heterocycles. The Hall–Kier alpha value is -2.12. The number of benzene rings is 1. The van der Waals surface area contributed by atoms with E-state index in [1.165, 1.54) is 12.0 Å². The van der Waals surface area contributed by atoms with Crippen molar-refractivity contribution >= 4 is 35.9 Å². The number of carbonyl (C=O) groups excluding carboxylic acids is 2. The van der Waals surface area contributed by atoms with Gasteiger partial charge in [0, 0.05) is 5.69 Å². The van der Waals surface area contributed by atoms with E-state index in [1.807, 2.05) is 26.0 Å². The van der Waals surface area contributed by atoms with Crippen LogP contribution < -0.4 is 10.2 Å². The van der Waals surface area contributed by atoms with Gasteiger partial charge in [0.05, 0.1) is 13.2 Å². The number of aliphatic carboxylic acids is 1. The number of carbonyl (C=O) groups is 3. The molecular formula is C19H27ClN2O5. The van der Waals surface area contributed by atoms with Crippen LogP contribution in [0.4, 0.5) is 5.69 Å². The third-order valence-electron chi connectivity index (χ3n) is 4.44. The second-order valence-corrected chi connectivity index (χ2v) is 6.91. The lowest BCUT2D eigenvalue weighted by molar-refractivity contribution is -0.144. The molecule has 0 unspecified atom stereocenters. The number of aryl methyl sites for hydroxylation is 1. The zero-order valence-corrected chi connectivity index (χ0v) is 16.6. The molecule has 1 amide bonds. The number of amides is 1. The largest absolute Gasteiger partial charge is 0.480 e. The van der Waals surface area contributed by atoms with Crippen LogP contribution in [0.25, 0.3) is 0 Å². The maximum Gasteiger partial charge on any atom is 0.323 e. The highest BCUT2D eigenvalue weighted by atomic mass is 35.5. The number of carboxylic acids is 1. The molecule has 0 fully saturated rings. The summed E-state index contributed by atoms with van der Waals surface area (Å²) in [6.45, 7) is 3.55. The second kappa shape index (κ2) is 10.3. The molecule has 0 saturated carbocycles. The maximum absolute atomic E-state index is 13.0. The van der Waals surface area contributed by atoms with E-state index in [9.17, 15) is 19.5 Å². The van der Waals surface area contributed by atoms with E-state index in [0.717, 1.165) is 5.56 Å². The molecular weight excluding hydrogens is 372 g/mol. The molecule has 0 aliphatic carbocycles. The maximum atomic E-state index is 13.0. The van der Waals surface area contributed by atoms with Gasteiger partial charge in [-0.2, -0.15) is 0 Å². The summed E-state index contributed by atoms with van der Waals surface area (Å²) < 4.78 is 4.85. The zero-order chi connectivity index (χ0) is 19.3. The summed E-state index contributed by atoms with van der Waals surface area (Å²) in [4.78, 5) is 37.7. The Morgan fingerprint density at radius 1 is 1.33 bits per heavy atom. The molecule has 0 aromatic heterocycles. The van der Waals surface area contributed by atoms with E-state index >= 15 is 0 Å². The van der Waals surface area contributed by atoms with E-state index in [-0.39, 0.29) is 24.2 Å². The van der Waals surface area contributed by atoms with E-state index in [1.54, 1.807) is 12.1 Å². The number of hydrogen-bond donors (Lipinski definition) is 2. The SMILES string of the molecule is COC(=O)[C@H](CC(C)C)N[C@H]1CCc2ccccc2N(CC(=O)O)C1=O.Cl. The quantitative estimate of drug-likeness (QED) is 0.682. The number of fused-ring (bicyclic) bond motifs is 1. The minimum Gasteiger partial charge on any atom is -0.480 e. The summed E-state index contributed by atoms with van der Waals surface area (Å²) in [6, 6.07) is 6.04. The van der Waals surface area contributed by atoms with E-state index in [2.05, 4.69) is 5.32 Å². The minimum absolute atomic E-state index is 0. The summed E-state index contributed by atoms with van der Waals surface area (Å²) >= 11 is 0. The molecule has 0 bridgehead atoms. The summed E-state index contributed by atoms with van der Waals surface area (Å²) in [6.07, 6.45) is 1.63.